The SMILES string of the molecule is O=C(c1cnc(-c2ccc(Cl)cc2)nc1)N1CCCC1. The Morgan fingerprint density at radius 1 is 1.05 bits per heavy atom. The van der Waals surface area contributed by atoms with Crippen LogP contribution in [0.1, 0.15) is 23.2 Å². The van der Waals surface area contributed by atoms with Gasteiger partial charge in [0.25, 0.3) is 5.91 Å². The van der Waals surface area contributed by atoms with Gasteiger partial charge in [-0.15, -0.1) is 0 Å². The lowest BCUT2D eigenvalue weighted by Crippen LogP contribution is -2.27. The van der Waals surface area contributed by atoms with Crippen molar-refractivity contribution in [2.45, 2.75) is 12.8 Å². The van der Waals surface area contributed by atoms with E-state index >= 15 is 0 Å². The van der Waals surface area contributed by atoms with Gasteiger partial charge in [-0.05, 0) is 37.1 Å². The van der Waals surface area contributed by atoms with Gasteiger partial charge in [0.1, 0.15) is 0 Å². The lowest BCUT2D eigenvalue weighted by atomic mass is 10.2. The van der Waals surface area contributed by atoms with Crippen LogP contribution in [0.2, 0.25) is 5.02 Å². The summed E-state index contributed by atoms with van der Waals surface area (Å²) in [5.41, 5.74) is 1.43. The minimum Gasteiger partial charge on any atom is -0.339 e. The van der Waals surface area contributed by atoms with Crippen LogP contribution >= 0.6 is 11.6 Å². The van der Waals surface area contributed by atoms with Crippen molar-refractivity contribution in [2.75, 3.05) is 13.1 Å². The van der Waals surface area contributed by atoms with E-state index in [1.54, 1.807) is 24.5 Å². The number of carbonyl (C=O) groups excluding carboxylic acids is 1. The number of benzene rings is 1. The number of rotatable bonds is 2. The first-order valence-electron chi connectivity index (χ1n) is 6.61. The van der Waals surface area contributed by atoms with Gasteiger partial charge in [0.2, 0.25) is 0 Å². The maximum absolute atomic E-state index is 12.2. The molecule has 102 valence electrons. The topological polar surface area (TPSA) is 46.1 Å². The zero-order valence-electron chi connectivity index (χ0n) is 10.9. The van der Waals surface area contributed by atoms with Crippen LogP contribution in [-0.2, 0) is 0 Å². The molecule has 0 atom stereocenters. The zero-order chi connectivity index (χ0) is 13.9. The molecule has 0 N–H and O–H groups in total. The second kappa shape index (κ2) is 5.59. The van der Waals surface area contributed by atoms with Crippen molar-refractivity contribution in [3.05, 3.63) is 47.2 Å². The van der Waals surface area contributed by atoms with E-state index in [1.165, 1.54) is 0 Å². The van der Waals surface area contributed by atoms with Crippen LogP contribution in [0.4, 0.5) is 0 Å². The molecule has 0 saturated carbocycles. The van der Waals surface area contributed by atoms with Crippen LogP contribution in [0.5, 0.6) is 0 Å². The lowest BCUT2D eigenvalue weighted by Gasteiger charge is -2.14. The molecule has 0 bridgehead atoms. The molecule has 2 aromatic rings. The van der Waals surface area contributed by atoms with Crippen LogP contribution in [0.3, 0.4) is 0 Å². The Balaban J connectivity index is 1.80. The average molecular weight is 288 g/mol. The first-order chi connectivity index (χ1) is 9.74. The first-order valence-corrected chi connectivity index (χ1v) is 6.99. The quantitative estimate of drug-likeness (QED) is 0.853. The van der Waals surface area contributed by atoms with Gasteiger partial charge in [-0.3, -0.25) is 4.79 Å². The van der Waals surface area contributed by atoms with E-state index in [9.17, 15) is 4.79 Å². The van der Waals surface area contributed by atoms with Crippen molar-refractivity contribution < 1.29 is 4.79 Å². The predicted molar refractivity (Wildman–Crippen MR) is 77.6 cm³/mol. The molecule has 1 aromatic heterocycles. The summed E-state index contributed by atoms with van der Waals surface area (Å²) in [7, 11) is 0. The fourth-order valence-electron chi connectivity index (χ4n) is 2.29. The Hall–Kier alpha value is -1.94. The molecule has 3 rings (SSSR count). The maximum Gasteiger partial charge on any atom is 0.256 e. The molecule has 0 spiro atoms. The smallest absolute Gasteiger partial charge is 0.256 e. The van der Waals surface area contributed by atoms with Gasteiger partial charge in [-0.2, -0.15) is 0 Å². The van der Waals surface area contributed by atoms with Crippen molar-refractivity contribution in [3.8, 4) is 11.4 Å². The number of hydrogen-bond donors (Lipinski definition) is 0. The fourth-order valence-corrected chi connectivity index (χ4v) is 2.42. The van der Waals surface area contributed by atoms with Crippen molar-refractivity contribution in [1.82, 2.24) is 14.9 Å². The second-order valence-corrected chi connectivity index (χ2v) is 5.24. The fraction of sp³-hybridized carbons (Fsp3) is 0.267. The Morgan fingerprint density at radius 3 is 2.25 bits per heavy atom. The van der Waals surface area contributed by atoms with Crippen molar-refractivity contribution in [3.63, 3.8) is 0 Å². The van der Waals surface area contributed by atoms with Crippen molar-refractivity contribution in [2.24, 2.45) is 0 Å². The molecule has 1 amide bonds. The van der Waals surface area contributed by atoms with E-state index < -0.39 is 0 Å². The Kier molecular flexibility index (Phi) is 3.65. The Morgan fingerprint density at radius 2 is 1.65 bits per heavy atom. The average Bonchev–Trinajstić information content (AvgIpc) is 3.02. The van der Waals surface area contributed by atoms with Gasteiger partial charge < -0.3 is 4.90 Å². The predicted octanol–water partition coefficient (Wildman–Crippen LogP) is 3.03. The summed E-state index contributed by atoms with van der Waals surface area (Å²) in [6.07, 6.45) is 5.35. The Labute approximate surface area is 122 Å². The van der Waals surface area contributed by atoms with Crippen molar-refractivity contribution >= 4 is 17.5 Å². The first kappa shape index (κ1) is 13.1. The van der Waals surface area contributed by atoms with Crippen LogP contribution in [-0.4, -0.2) is 33.9 Å². The summed E-state index contributed by atoms with van der Waals surface area (Å²) in [6, 6.07) is 7.31. The van der Waals surface area contributed by atoms with Crippen molar-refractivity contribution in [1.29, 1.82) is 0 Å². The number of likely N-dealkylation sites (tertiary alicyclic amines) is 1. The van der Waals surface area contributed by atoms with E-state index in [0.717, 1.165) is 31.5 Å². The molecule has 0 unspecified atom stereocenters. The summed E-state index contributed by atoms with van der Waals surface area (Å²) in [4.78, 5) is 22.6. The van der Waals surface area contributed by atoms with Gasteiger partial charge in [-0.1, -0.05) is 11.6 Å². The van der Waals surface area contributed by atoms with Gasteiger partial charge in [0.05, 0.1) is 5.56 Å². The molecule has 20 heavy (non-hydrogen) atoms. The number of aromatic nitrogens is 2. The van der Waals surface area contributed by atoms with Crippen LogP contribution < -0.4 is 0 Å². The summed E-state index contributed by atoms with van der Waals surface area (Å²) in [5.74, 6) is 0.616. The molecular formula is C15H14ClN3O. The van der Waals surface area contributed by atoms with E-state index in [2.05, 4.69) is 9.97 Å². The second-order valence-electron chi connectivity index (χ2n) is 4.80. The summed E-state index contributed by atoms with van der Waals surface area (Å²) in [6.45, 7) is 1.66. The van der Waals surface area contributed by atoms with E-state index in [4.69, 9.17) is 11.6 Å². The zero-order valence-corrected chi connectivity index (χ0v) is 11.7. The van der Waals surface area contributed by atoms with Gasteiger partial charge in [-0.25, -0.2) is 9.97 Å². The van der Waals surface area contributed by atoms with Crippen LogP contribution in [0.25, 0.3) is 11.4 Å². The van der Waals surface area contributed by atoms with E-state index in [0.29, 0.717) is 16.4 Å². The molecular weight excluding hydrogens is 274 g/mol. The lowest BCUT2D eigenvalue weighted by molar-refractivity contribution is 0.0792. The molecule has 1 fully saturated rings. The number of halogens is 1. The molecule has 0 aliphatic carbocycles. The minimum atomic E-state index is 0.0187. The molecule has 1 saturated heterocycles. The molecule has 1 aliphatic heterocycles. The molecule has 5 heteroatoms. The highest BCUT2D eigenvalue weighted by atomic mass is 35.5. The number of amides is 1. The van der Waals surface area contributed by atoms with Crippen LogP contribution in [0, 0.1) is 0 Å². The molecule has 1 aromatic carbocycles. The van der Waals surface area contributed by atoms with Gasteiger partial charge in [0.15, 0.2) is 5.82 Å². The summed E-state index contributed by atoms with van der Waals surface area (Å²) < 4.78 is 0. The standard InChI is InChI=1S/C15H14ClN3O/c16-13-5-3-11(4-6-13)14-17-9-12(10-18-14)15(20)19-7-1-2-8-19/h3-6,9-10H,1-2,7-8H2. The molecule has 1 aliphatic rings. The number of nitrogens with zero attached hydrogens (tertiary/aromatic N) is 3. The van der Waals surface area contributed by atoms with Crippen LogP contribution in [0.15, 0.2) is 36.7 Å². The normalized spacial score (nSPS) is 14.6. The number of carbonyl (C=O) groups is 1. The van der Waals surface area contributed by atoms with E-state index in [1.807, 2.05) is 17.0 Å². The summed E-state index contributed by atoms with van der Waals surface area (Å²) in [5, 5.41) is 0.676. The largest absolute Gasteiger partial charge is 0.339 e. The monoisotopic (exact) mass is 287 g/mol. The maximum atomic E-state index is 12.2. The number of hydrogen-bond acceptors (Lipinski definition) is 3. The minimum absolute atomic E-state index is 0.0187. The van der Waals surface area contributed by atoms with Gasteiger partial charge in [0, 0.05) is 36.1 Å². The third-order valence-electron chi connectivity index (χ3n) is 3.39. The third kappa shape index (κ3) is 2.65. The molecule has 0 radical (unpaired) electrons. The summed E-state index contributed by atoms with van der Waals surface area (Å²) >= 11 is 5.85. The molecule has 4 nitrogen and oxygen atoms in total. The highest BCUT2D eigenvalue weighted by Gasteiger charge is 2.20. The molecule has 2 heterocycles. The third-order valence-corrected chi connectivity index (χ3v) is 3.65. The van der Waals surface area contributed by atoms with Gasteiger partial charge >= 0.3 is 0 Å². The highest BCUT2D eigenvalue weighted by molar-refractivity contribution is 6.30. The Bertz CT molecular complexity index is 604. The van der Waals surface area contributed by atoms with E-state index in [-0.39, 0.29) is 5.91 Å². The highest BCUT2D eigenvalue weighted by Crippen LogP contribution is 2.18.